The molecule has 5 heteroatoms. The summed E-state index contributed by atoms with van der Waals surface area (Å²) < 4.78 is 16.7. The molecule has 4 rings (SSSR count). The molecule has 0 N–H and O–H groups in total. The highest BCUT2D eigenvalue weighted by atomic mass is 16.6. The maximum absolute atomic E-state index is 12.6. The number of carbonyl (C=O) groups excluding carboxylic acids is 1. The van der Waals surface area contributed by atoms with Crippen molar-refractivity contribution in [1.29, 1.82) is 0 Å². The molecule has 154 valence electrons. The second-order valence-corrected chi connectivity index (χ2v) is 7.23. The van der Waals surface area contributed by atoms with E-state index in [1.165, 1.54) is 16.3 Å². The van der Waals surface area contributed by atoms with Gasteiger partial charge < -0.3 is 19.1 Å². The molecule has 3 aromatic rings. The molecule has 0 aliphatic carbocycles. The highest BCUT2D eigenvalue weighted by Gasteiger charge is 2.18. The lowest BCUT2D eigenvalue weighted by Gasteiger charge is -2.21. The number of carbonyl (C=O) groups is 1. The van der Waals surface area contributed by atoms with Crippen LogP contribution in [0.2, 0.25) is 0 Å². The normalized spacial score (nSPS) is 12.9. The van der Waals surface area contributed by atoms with E-state index in [9.17, 15) is 4.79 Å². The van der Waals surface area contributed by atoms with Gasteiger partial charge >= 0.3 is 0 Å². The Labute approximate surface area is 176 Å². The molecular weight excluding hydrogens is 378 g/mol. The molecule has 3 aromatic carbocycles. The van der Waals surface area contributed by atoms with Gasteiger partial charge in [-0.1, -0.05) is 42.5 Å². The zero-order valence-electron chi connectivity index (χ0n) is 17.3. The van der Waals surface area contributed by atoms with Crippen molar-refractivity contribution in [1.82, 2.24) is 4.90 Å². The third kappa shape index (κ3) is 4.25. The fourth-order valence-corrected chi connectivity index (χ4v) is 3.59. The smallest absolute Gasteiger partial charge is 0.246 e. The number of benzene rings is 3. The lowest BCUT2D eigenvalue weighted by Crippen LogP contribution is -2.27. The van der Waals surface area contributed by atoms with Gasteiger partial charge in [0.2, 0.25) is 11.7 Å². The predicted molar refractivity (Wildman–Crippen MR) is 118 cm³/mol. The van der Waals surface area contributed by atoms with Crippen molar-refractivity contribution in [3.8, 4) is 17.2 Å². The predicted octanol–water partition coefficient (Wildman–Crippen LogP) is 4.33. The molecule has 0 radical (unpaired) electrons. The van der Waals surface area contributed by atoms with Crippen LogP contribution in [0.4, 0.5) is 0 Å². The maximum Gasteiger partial charge on any atom is 0.246 e. The average molecular weight is 403 g/mol. The van der Waals surface area contributed by atoms with Crippen LogP contribution in [0.3, 0.4) is 0 Å². The van der Waals surface area contributed by atoms with Crippen LogP contribution in [0.15, 0.2) is 60.7 Å². The molecule has 0 aromatic heterocycles. The van der Waals surface area contributed by atoms with Crippen LogP contribution < -0.4 is 14.2 Å². The molecule has 0 atom stereocenters. The van der Waals surface area contributed by atoms with Crippen LogP contribution in [-0.2, 0) is 11.2 Å². The van der Waals surface area contributed by atoms with Gasteiger partial charge in [-0.3, -0.25) is 4.79 Å². The van der Waals surface area contributed by atoms with E-state index < -0.39 is 0 Å². The monoisotopic (exact) mass is 403 g/mol. The van der Waals surface area contributed by atoms with Crippen molar-refractivity contribution in [2.24, 2.45) is 0 Å². The summed E-state index contributed by atoms with van der Waals surface area (Å²) in [5.74, 6) is 1.80. The van der Waals surface area contributed by atoms with Gasteiger partial charge in [-0.05, 0) is 46.5 Å². The molecule has 1 amide bonds. The molecule has 30 heavy (non-hydrogen) atoms. The van der Waals surface area contributed by atoms with Crippen LogP contribution in [0.25, 0.3) is 16.8 Å². The van der Waals surface area contributed by atoms with Crippen molar-refractivity contribution < 1.29 is 19.0 Å². The van der Waals surface area contributed by atoms with Crippen molar-refractivity contribution in [2.45, 2.75) is 6.42 Å². The molecule has 0 fully saturated rings. The second-order valence-electron chi connectivity index (χ2n) is 7.23. The topological polar surface area (TPSA) is 48.0 Å². The van der Waals surface area contributed by atoms with Gasteiger partial charge in [0.15, 0.2) is 11.5 Å². The van der Waals surface area contributed by atoms with Gasteiger partial charge in [0, 0.05) is 19.7 Å². The Morgan fingerprint density at radius 2 is 1.90 bits per heavy atom. The minimum absolute atomic E-state index is 0.0518. The first kappa shape index (κ1) is 19.8. The van der Waals surface area contributed by atoms with E-state index in [1.807, 2.05) is 31.3 Å². The van der Waals surface area contributed by atoms with E-state index >= 15 is 0 Å². The lowest BCUT2D eigenvalue weighted by molar-refractivity contribution is -0.124. The van der Waals surface area contributed by atoms with E-state index in [0.717, 1.165) is 12.0 Å². The Morgan fingerprint density at radius 3 is 2.77 bits per heavy atom. The largest absolute Gasteiger partial charge is 0.493 e. The SMILES string of the molecule is COc1cc(C=CC(=O)N(C)CCc2cccc3ccccc23)cc2c1OCCO2. The number of nitrogens with zero attached hydrogens (tertiary/aromatic N) is 1. The first-order valence-corrected chi connectivity index (χ1v) is 10.0. The van der Waals surface area contributed by atoms with E-state index in [0.29, 0.717) is 37.0 Å². The molecule has 0 unspecified atom stereocenters. The lowest BCUT2D eigenvalue weighted by atomic mass is 10.0. The summed E-state index contributed by atoms with van der Waals surface area (Å²) in [6.07, 6.45) is 4.15. The van der Waals surface area contributed by atoms with Crippen LogP contribution in [0, 0.1) is 0 Å². The number of likely N-dealkylation sites (N-methyl/N-ethyl adjacent to an activating group) is 1. The molecule has 1 heterocycles. The van der Waals surface area contributed by atoms with Crippen LogP contribution >= 0.6 is 0 Å². The Morgan fingerprint density at radius 1 is 1.10 bits per heavy atom. The van der Waals surface area contributed by atoms with E-state index in [2.05, 4.69) is 30.3 Å². The van der Waals surface area contributed by atoms with Gasteiger partial charge in [0.25, 0.3) is 0 Å². The Kier molecular flexibility index (Phi) is 5.89. The number of hydrogen-bond donors (Lipinski definition) is 0. The van der Waals surface area contributed by atoms with E-state index in [1.54, 1.807) is 24.2 Å². The Hall–Kier alpha value is -3.47. The van der Waals surface area contributed by atoms with Crippen molar-refractivity contribution in [2.75, 3.05) is 33.9 Å². The minimum Gasteiger partial charge on any atom is -0.493 e. The number of rotatable bonds is 6. The number of amides is 1. The average Bonchev–Trinajstić information content (AvgIpc) is 2.80. The van der Waals surface area contributed by atoms with Crippen LogP contribution in [0.5, 0.6) is 17.2 Å². The summed E-state index contributed by atoms with van der Waals surface area (Å²) in [5, 5.41) is 2.45. The highest BCUT2D eigenvalue weighted by molar-refractivity contribution is 5.92. The molecular formula is C25H25NO4. The fraction of sp³-hybridized carbons (Fsp3) is 0.240. The van der Waals surface area contributed by atoms with Gasteiger partial charge in [-0.25, -0.2) is 0 Å². The minimum atomic E-state index is -0.0518. The Bertz CT molecular complexity index is 1070. The second kappa shape index (κ2) is 8.91. The van der Waals surface area contributed by atoms with Crippen molar-refractivity contribution >= 4 is 22.8 Å². The maximum atomic E-state index is 12.6. The quantitative estimate of drug-likeness (QED) is 0.575. The van der Waals surface area contributed by atoms with E-state index in [4.69, 9.17) is 14.2 Å². The van der Waals surface area contributed by atoms with Gasteiger partial charge in [0.05, 0.1) is 7.11 Å². The summed E-state index contributed by atoms with van der Waals surface area (Å²) in [6.45, 7) is 1.64. The van der Waals surface area contributed by atoms with Gasteiger partial charge in [0.1, 0.15) is 13.2 Å². The molecule has 5 nitrogen and oxygen atoms in total. The first-order chi connectivity index (χ1) is 14.7. The fourth-order valence-electron chi connectivity index (χ4n) is 3.59. The third-order valence-electron chi connectivity index (χ3n) is 5.24. The highest BCUT2D eigenvalue weighted by Crippen LogP contribution is 2.40. The zero-order chi connectivity index (χ0) is 20.9. The Balaban J connectivity index is 1.43. The molecule has 1 aliphatic heterocycles. The summed E-state index contributed by atoms with van der Waals surface area (Å²) in [5.41, 5.74) is 2.07. The number of fused-ring (bicyclic) bond motifs is 2. The third-order valence-corrected chi connectivity index (χ3v) is 5.24. The standard InChI is InChI=1S/C25H25NO4/c1-26(13-12-20-8-5-7-19-6-3-4-9-21(19)20)24(27)11-10-18-16-22(28-2)25-23(17-18)29-14-15-30-25/h3-11,16-17H,12-15H2,1-2H3. The molecule has 0 spiro atoms. The number of ether oxygens (including phenoxy) is 3. The molecule has 0 bridgehead atoms. The van der Waals surface area contributed by atoms with E-state index in [-0.39, 0.29) is 5.91 Å². The molecule has 0 saturated carbocycles. The van der Waals surface area contributed by atoms with Crippen molar-refractivity contribution in [3.63, 3.8) is 0 Å². The zero-order valence-corrected chi connectivity index (χ0v) is 17.3. The van der Waals surface area contributed by atoms with Gasteiger partial charge in [-0.15, -0.1) is 0 Å². The summed E-state index contributed by atoms with van der Waals surface area (Å²) in [7, 11) is 3.41. The van der Waals surface area contributed by atoms with Crippen LogP contribution in [0.1, 0.15) is 11.1 Å². The van der Waals surface area contributed by atoms with Crippen molar-refractivity contribution in [3.05, 3.63) is 71.8 Å². The van der Waals surface area contributed by atoms with Crippen LogP contribution in [-0.4, -0.2) is 44.7 Å². The summed E-state index contributed by atoms with van der Waals surface area (Å²) in [6, 6.07) is 18.3. The number of hydrogen-bond acceptors (Lipinski definition) is 4. The summed E-state index contributed by atoms with van der Waals surface area (Å²) >= 11 is 0. The molecule has 0 saturated heterocycles. The molecule has 1 aliphatic rings. The summed E-state index contributed by atoms with van der Waals surface area (Å²) in [4.78, 5) is 14.3. The number of methoxy groups -OCH3 is 1. The van der Waals surface area contributed by atoms with Gasteiger partial charge in [-0.2, -0.15) is 0 Å². The first-order valence-electron chi connectivity index (χ1n) is 10.0.